The second-order valence-electron chi connectivity index (χ2n) is 4.80. The first kappa shape index (κ1) is 16.6. The highest BCUT2D eigenvalue weighted by atomic mass is 79.9. The maximum atomic E-state index is 13.0. The molecule has 0 unspecified atom stereocenters. The monoisotopic (exact) mass is 405 g/mol. The van der Waals surface area contributed by atoms with Crippen LogP contribution < -0.4 is 10.2 Å². The van der Waals surface area contributed by atoms with E-state index in [-0.39, 0.29) is 5.82 Å². The molecule has 3 aromatic rings. The predicted molar refractivity (Wildman–Crippen MR) is 99.4 cm³/mol. The van der Waals surface area contributed by atoms with Crippen molar-refractivity contribution in [3.05, 3.63) is 63.7 Å². The summed E-state index contributed by atoms with van der Waals surface area (Å²) in [6.07, 6.45) is 1.67. The van der Waals surface area contributed by atoms with Gasteiger partial charge in [-0.2, -0.15) is 5.10 Å². The largest absolute Gasteiger partial charge is 0.496 e. The first-order valence-corrected chi connectivity index (χ1v) is 8.67. The maximum Gasteiger partial charge on any atom is 0.203 e. The summed E-state index contributed by atoms with van der Waals surface area (Å²) in [5.74, 6) is 0.467. The molecule has 3 rings (SSSR count). The van der Waals surface area contributed by atoms with Crippen molar-refractivity contribution >= 4 is 38.6 Å². The minimum atomic E-state index is -0.264. The Hall–Kier alpha value is -2.25. The van der Waals surface area contributed by atoms with Crippen LogP contribution >= 0.6 is 27.3 Å². The molecular formula is C17H13BrFN3OS. The minimum absolute atomic E-state index is 0.264. The first-order valence-electron chi connectivity index (χ1n) is 7.00. The third kappa shape index (κ3) is 3.98. The van der Waals surface area contributed by atoms with E-state index >= 15 is 0 Å². The molecule has 4 nitrogen and oxygen atoms in total. The molecule has 1 aromatic heterocycles. The Morgan fingerprint density at radius 2 is 2.04 bits per heavy atom. The Morgan fingerprint density at radius 1 is 1.25 bits per heavy atom. The van der Waals surface area contributed by atoms with Gasteiger partial charge >= 0.3 is 0 Å². The highest BCUT2D eigenvalue weighted by molar-refractivity contribution is 9.10. The normalized spacial score (nSPS) is 11.0. The number of hydrogen-bond acceptors (Lipinski definition) is 5. The SMILES string of the molecule is COc1ccc(Br)cc1/C=N/Nc1nc(-c2ccc(F)cc2)cs1. The number of hydrazone groups is 1. The molecule has 0 fully saturated rings. The molecule has 0 aliphatic rings. The van der Waals surface area contributed by atoms with Gasteiger partial charge in [0.25, 0.3) is 0 Å². The van der Waals surface area contributed by atoms with Crippen molar-refractivity contribution in [2.75, 3.05) is 12.5 Å². The molecule has 0 saturated heterocycles. The summed E-state index contributed by atoms with van der Waals surface area (Å²) in [6, 6.07) is 11.9. The number of ether oxygens (including phenoxy) is 1. The molecule has 0 bridgehead atoms. The van der Waals surface area contributed by atoms with Crippen molar-refractivity contribution in [3.8, 4) is 17.0 Å². The minimum Gasteiger partial charge on any atom is -0.496 e. The van der Waals surface area contributed by atoms with Crippen LogP contribution in [0.2, 0.25) is 0 Å². The fourth-order valence-corrected chi connectivity index (χ4v) is 3.09. The highest BCUT2D eigenvalue weighted by Crippen LogP contribution is 2.25. The van der Waals surface area contributed by atoms with Crippen LogP contribution in [0.1, 0.15) is 5.56 Å². The quantitative estimate of drug-likeness (QED) is 0.470. The number of nitrogens with one attached hydrogen (secondary N) is 1. The number of rotatable bonds is 5. The van der Waals surface area contributed by atoms with Crippen molar-refractivity contribution in [2.24, 2.45) is 5.10 Å². The number of hydrogen-bond donors (Lipinski definition) is 1. The molecule has 0 saturated carbocycles. The van der Waals surface area contributed by atoms with Crippen LogP contribution in [0.3, 0.4) is 0 Å². The van der Waals surface area contributed by atoms with Gasteiger partial charge in [0.05, 0.1) is 19.0 Å². The molecule has 7 heteroatoms. The highest BCUT2D eigenvalue weighted by Gasteiger charge is 2.05. The van der Waals surface area contributed by atoms with Gasteiger partial charge in [-0.1, -0.05) is 15.9 Å². The Bertz CT molecular complexity index is 865. The molecule has 0 aliphatic carbocycles. The molecule has 0 atom stereocenters. The van der Waals surface area contributed by atoms with E-state index < -0.39 is 0 Å². The molecule has 24 heavy (non-hydrogen) atoms. The van der Waals surface area contributed by atoms with Gasteiger partial charge in [0.15, 0.2) is 0 Å². The lowest BCUT2D eigenvalue weighted by molar-refractivity contribution is 0.414. The third-order valence-corrected chi connectivity index (χ3v) is 4.44. The van der Waals surface area contributed by atoms with Gasteiger partial charge in [-0.15, -0.1) is 11.3 Å². The number of nitrogens with zero attached hydrogens (tertiary/aromatic N) is 2. The summed E-state index contributed by atoms with van der Waals surface area (Å²) >= 11 is 4.85. The molecule has 1 N–H and O–H groups in total. The molecule has 0 amide bonds. The van der Waals surface area contributed by atoms with Crippen LogP contribution in [-0.4, -0.2) is 18.3 Å². The summed E-state index contributed by atoms with van der Waals surface area (Å²) in [7, 11) is 1.61. The summed E-state index contributed by atoms with van der Waals surface area (Å²) < 4.78 is 19.2. The van der Waals surface area contributed by atoms with Crippen LogP contribution in [-0.2, 0) is 0 Å². The van der Waals surface area contributed by atoms with Gasteiger partial charge < -0.3 is 4.74 Å². The topological polar surface area (TPSA) is 46.5 Å². The summed E-state index contributed by atoms with van der Waals surface area (Å²) in [6.45, 7) is 0. The van der Waals surface area contributed by atoms with Crippen LogP contribution in [0.15, 0.2) is 57.4 Å². The van der Waals surface area contributed by atoms with Crippen LogP contribution in [0.25, 0.3) is 11.3 Å². The van der Waals surface area contributed by atoms with Gasteiger partial charge in [-0.25, -0.2) is 9.37 Å². The zero-order valence-corrected chi connectivity index (χ0v) is 15.1. The van der Waals surface area contributed by atoms with Crippen molar-refractivity contribution in [3.63, 3.8) is 0 Å². The Balaban J connectivity index is 1.71. The molecule has 0 spiro atoms. The van der Waals surface area contributed by atoms with E-state index in [1.54, 1.807) is 25.5 Å². The van der Waals surface area contributed by atoms with E-state index in [1.165, 1.54) is 23.5 Å². The predicted octanol–water partition coefficient (Wildman–Crippen LogP) is 5.17. The number of methoxy groups -OCH3 is 1. The average Bonchev–Trinajstić information content (AvgIpc) is 3.05. The molecule has 2 aromatic carbocycles. The molecule has 0 aliphatic heterocycles. The summed E-state index contributed by atoms with van der Waals surface area (Å²) in [5, 5.41) is 6.74. The second kappa shape index (κ2) is 7.55. The maximum absolute atomic E-state index is 13.0. The smallest absolute Gasteiger partial charge is 0.203 e. The van der Waals surface area contributed by atoms with E-state index in [4.69, 9.17) is 4.74 Å². The lowest BCUT2D eigenvalue weighted by atomic mass is 10.2. The van der Waals surface area contributed by atoms with E-state index in [0.29, 0.717) is 5.13 Å². The fourth-order valence-electron chi connectivity index (χ4n) is 2.04. The van der Waals surface area contributed by atoms with Crippen molar-refractivity contribution in [1.29, 1.82) is 0 Å². The summed E-state index contributed by atoms with van der Waals surface area (Å²) in [5.41, 5.74) is 5.37. The Kier molecular flexibility index (Phi) is 5.22. The molecular weight excluding hydrogens is 393 g/mol. The lowest BCUT2D eigenvalue weighted by Gasteiger charge is -2.04. The Morgan fingerprint density at radius 3 is 2.79 bits per heavy atom. The lowest BCUT2D eigenvalue weighted by Crippen LogP contribution is -1.94. The van der Waals surface area contributed by atoms with Crippen LogP contribution in [0, 0.1) is 5.82 Å². The average molecular weight is 406 g/mol. The van der Waals surface area contributed by atoms with Crippen molar-refractivity contribution in [1.82, 2.24) is 4.98 Å². The van der Waals surface area contributed by atoms with Crippen LogP contribution in [0.5, 0.6) is 5.75 Å². The number of thiazole rings is 1. The van der Waals surface area contributed by atoms with Gasteiger partial charge in [0.1, 0.15) is 11.6 Å². The Labute approximate surface area is 151 Å². The molecule has 1 heterocycles. The van der Waals surface area contributed by atoms with Gasteiger partial charge in [-0.05, 0) is 42.5 Å². The van der Waals surface area contributed by atoms with E-state index in [2.05, 4.69) is 31.4 Å². The number of benzene rings is 2. The van der Waals surface area contributed by atoms with E-state index in [0.717, 1.165) is 27.0 Å². The first-order chi connectivity index (χ1) is 11.7. The van der Waals surface area contributed by atoms with Gasteiger partial charge in [0, 0.05) is 21.0 Å². The van der Waals surface area contributed by atoms with E-state index in [1.807, 2.05) is 23.6 Å². The molecule has 0 radical (unpaired) electrons. The standard InChI is InChI=1S/C17H13BrFN3OS/c1-23-16-7-4-13(18)8-12(16)9-20-22-17-21-15(10-24-17)11-2-5-14(19)6-3-11/h2-10H,1H3,(H,21,22)/b20-9+. The van der Waals surface area contributed by atoms with Crippen molar-refractivity contribution in [2.45, 2.75) is 0 Å². The van der Waals surface area contributed by atoms with Gasteiger partial charge in [0.2, 0.25) is 5.13 Å². The number of anilines is 1. The summed E-state index contributed by atoms with van der Waals surface area (Å²) in [4.78, 5) is 4.43. The zero-order valence-electron chi connectivity index (χ0n) is 12.7. The fraction of sp³-hybridized carbons (Fsp3) is 0.0588. The number of aromatic nitrogens is 1. The molecule has 122 valence electrons. The zero-order chi connectivity index (χ0) is 16.9. The van der Waals surface area contributed by atoms with E-state index in [9.17, 15) is 4.39 Å². The third-order valence-electron chi connectivity index (χ3n) is 3.20. The van der Waals surface area contributed by atoms with Gasteiger partial charge in [-0.3, -0.25) is 5.43 Å². The van der Waals surface area contributed by atoms with Crippen molar-refractivity contribution < 1.29 is 9.13 Å². The number of halogens is 2. The second-order valence-corrected chi connectivity index (χ2v) is 6.57. The van der Waals surface area contributed by atoms with Crippen LogP contribution in [0.4, 0.5) is 9.52 Å².